The van der Waals surface area contributed by atoms with Crippen LogP contribution in [0.5, 0.6) is 0 Å². The van der Waals surface area contributed by atoms with Crippen LogP contribution in [0.1, 0.15) is 48.6 Å². The van der Waals surface area contributed by atoms with Gasteiger partial charge in [0.1, 0.15) is 0 Å². The zero-order valence-corrected chi connectivity index (χ0v) is 12.7. The maximum absolute atomic E-state index is 4.28. The Labute approximate surface area is 122 Å². The topological polar surface area (TPSA) is 24.9 Å². The van der Waals surface area contributed by atoms with Gasteiger partial charge in [-0.15, -0.1) is 0 Å². The summed E-state index contributed by atoms with van der Waals surface area (Å²) in [6.07, 6.45) is 6.17. The van der Waals surface area contributed by atoms with Crippen molar-refractivity contribution in [3.8, 4) is 0 Å². The van der Waals surface area contributed by atoms with Crippen molar-refractivity contribution in [2.24, 2.45) is 0 Å². The minimum atomic E-state index is 0.226. The fraction of sp³-hybridized carbons (Fsp3) is 0.389. The summed E-state index contributed by atoms with van der Waals surface area (Å²) in [5.41, 5.74) is 5.26. The molecule has 0 spiro atoms. The lowest BCUT2D eigenvalue weighted by atomic mass is 9.95. The zero-order chi connectivity index (χ0) is 14.4. The molecule has 1 aromatic heterocycles. The van der Waals surface area contributed by atoms with Crippen LogP contribution >= 0.6 is 0 Å². The molecule has 0 bridgehead atoms. The van der Waals surface area contributed by atoms with E-state index in [2.05, 4.69) is 61.4 Å². The summed E-state index contributed by atoms with van der Waals surface area (Å²) in [7, 11) is 0. The first-order chi connectivity index (χ1) is 9.76. The third kappa shape index (κ3) is 3.45. The van der Waals surface area contributed by atoms with Gasteiger partial charge in [-0.25, -0.2) is 0 Å². The van der Waals surface area contributed by atoms with Gasteiger partial charge in [0.25, 0.3) is 0 Å². The highest BCUT2D eigenvalue weighted by Crippen LogP contribution is 2.24. The molecule has 1 atom stereocenters. The second-order valence-electron chi connectivity index (χ2n) is 5.21. The fourth-order valence-corrected chi connectivity index (χ4v) is 2.56. The number of nitrogens with one attached hydrogen (secondary N) is 1. The maximum Gasteiger partial charge on any atom is 0.0594 e. The van der Waals surface area contributed by atoms with E-state index in [1.807, 2.05) is 12.4 Å². The van der Waals surface area contributed by atoms with Crippen molar-refractivity contribution in [1.82, 2.24) is 10.3 Å². The second-order valence-corrected chi connectivity index (χ2v) is 5.21. The van der Waals surface area contributed by atoms with Crippen molar-refractivity contribution < 1.29 is 0 Å². The maximum atomic E-state index is 4.28. The van der Waals surface area contributed by atoms with E-state index in [1.54, 1.807) is 0 Å². The SMILES string of the molecule is CCCc1ccc(C(NCC)c2cnccc2C)cc1. The third-order valence-corrected chi connectivity index (χ3v) is 3.65. The van der Waals surface area contributed by atoms with Gasteiger partial charge in [-0.2, -0.15) is 0 Å². The van der Waals surface area contributed by atoms with E-state index in [1.165, 1.54) is 28.7 Å². The molecule has 0 aliphatic carbocycles. The molecule has 0 aliphatic heterocycles. The van der Waals surface area contributed by atoms with Crippen LogP contribution in [0.25, 0.3) is 0 Å². The second kappa shape index (κ2) is 7.20. The fourth-order valence-electron chi connectivity index (χ4n) is 2.56. The number of aromatic nitrogens is 1. The van der Waals surface area contributed by atoms with Gasteiger partial charge in [0.05, 0.1) is 6.04 Å². The van der Waals surface area contributed by atoms with Crippen molar-refractivity contribution in [2.45, 2.75) is 39.7 Å². The van der Waals surface area contributed by atoms with E-state index in [9.17, 15) is 0 Å². The molecular weight excluding hydrogens is 244 g/mol. The molecule has 2 nitrogen and oxygen atoms in total. The molecule has 1 N–H and O–H groups in total. The van der Waals surface area contributed by atoms with E-state index >= 15 is 0 Å². The molecule has 1 unspecified atom stereocenters. The molecule has 0 radical (unpaired) electrons. The molecule has 2 aromatic rings. The summed E-state index contributed by atoms with van der Waals surface area (Å²) in [5, 5.41) is 3.57. The van der Waals surface area contributed by atoms with Crippen molar-refractivity contribution >= 4 is 0 Å². The van der Waals surface area contributed by atoms with Crippen LogP contribution in [0.15, 0.2) is 42.7 Å². The molecule has 1 aromatic carbocycles. The van der Waals surface area contributed by atoms with Gasteiger partial charge in [0.15, 0.2) is 0 Å². The molecule has 2 heteroatoms. The quantitative estimate of drug-likeness (QED) is 0.855. The molecule has 106 valence electrons. The van der Waals surface area contributed by atoms with Crippen LogP contribution in [0.4, 0.5) is 0 Å². The molecular formula is C18H24N2. The third-order valence-electron chi connectivity index (χ3n) is 3.65. The summed E-state index contributed by atoms with van der Waals surface area (Å²) in [6, 6.07) is 11.3. The Balaban J connectivity index is 2.31. The van der Waals surface area contributed by atoms with Gasteiger partial charge in [-0.05, 0) is 48.2 Å². The Morgan fingerprint density at radius 1 is 1.10 bits per heavy atom. The number of hydrogen-bond acceptors (Lipinski definition) is 2. The van der Waals surface area contributed by atoms with Crippen LogP contribution < -0.4 is 5.32 Å². The lowest BCUT2D eigenvalue weighted by molar-refractivity contribution is 0.625. The van der Waals surface area contributed by atoms with Crippen molar-refractivity contribution in [1.29, 1.82) is 0 Å². The first kappa shape index (κ1) is 14.7. The molecule has 0 saturated heterocycles. The van der Waals surface area contributed by atoms with Crippen LogP contribution in [0.3, 0.4) is 0 Å². The van der Waals surface area contributed by atoms with Gasteiger partial charge >= 0.3 is 0 Å². The Bertz CT molecular complexity index is 531. The largest absolute Gasteiger partial charge is 0.306 e. The normalized spacial score (nSPS) is 12.3. The molecule has 0 amide bonds. The predicted octanol–water partition coefficient (Wildman–Crippen LogP) is 4.04. The van der Waals surface area contributed by atoms with Gasteiger partial charge in [0.2, 0.25) is 0 Å². The summed E-state index contributed by atoms with van der Waals surface area (Å²) >= 11 is 0. The minimum Gasteiger partial charge on any atom is -0.306 e. The number of nitrogens with zero attached hydrogens (tertiary/aromatic N) is 1. The first-order valence-electron chi connectivity index (χ1n) is 7.49. The van der Waals surface area contributed by atoms with Crippen LogP contribution in [-0.2, 0) is 6.42 Å². The van der Waals surface area contributed by atoms with E-state index in [0.29, 0.717) is 0 Å². The molecule has 1 heterocycles. The monoisotopic (exact) mass is 268 g/mol. The Kier molecular flexibility index (Phi) is 5.31. The lowest BCUT2D eigenvalue weighted by Gasteiger charge is -2.20. The molecule has 20 heavy (non-hydrogen) atoms. The van der Waals surface area contributed by atoms with Gasteiger partial charge in [-0.3, -0.25) is 4.98 Å². The van der Waals surface area contributed by atoms with Gasteiger partial charge < -0.3 is 5.32 Å². The molecule has 0 aliphatic rings. The van der Waals surface area contributed by atoms with E-state index in [-0.39, 0.29) is 6.04 Å². The summed E-state index contributed by atoms with van der Waals surface area (Å²) in [4.78, 5) is 4.28. The highest BCUT2D eigenvalue weighted by atomic mass is 14.9. The number of pyridine rings is 1. The Hall–Kier alpha value is -1.67. The molecule has 2 rings (SSSR count). The minimum absolute atomic E-state index is 0.226. The average molecular weight is 268 g/mol. The van der Waals surface area contributed by atoms with Crippen molar-refractivity contribution in [2.75, 3.05) is 6.54 Å². The number of hydrogen-bond donors (Lipinski definition) is 1. The Morgan fingerprint density at radius 2 is 1.85 bits per heavy atom. The standard InChI is InChI=1S/C18H24N2/c1-4-6-15-7-9-16(10-8-15)18(20-5-2)17-13-19-12-11-14(17)3/h7-13,18,20H,4-6H2,1-3H3. The van der Waals surface area contributed by atoms with Gasteiger partial charge in [0, 0.05) is 12.4 Å². The first-order valence-corrected chi connectivity index (χ1v) is 7.49. The lowest BCUT2D eigenvalue weighted by Crippen LogP contribution is -2.23. The number of aryl methyl sites for hydroxylation is 2. The van der Waals surface area contributed by atoms with Crippen LogP contribution in [-0.4, -0.2) is 11.5 Å². The molecule has 0 fully saturated rings. The van der Waals surface area contributed by atoms with Crippen molar-refractivity contribution in [3.05, 3.63) is 65.0 Å². The van der Waals surface area contributed by atoms with Crippen molar-refractivity contribution in [3.63, 3.8) is 0 Å². The van der Waals surface area contributed by atoms with Crippen LogP contribution in [0, 0.1) is 6.92 Å². The zero-order valence-electron chi connectivity index (χ0n) is 12.7. The number of rotatable bonds is 6. The van der Waals surface area contributed by atoms with Crippen LogP contribution in [0.2, 0.25) is 0 Å². The molecule has 0 saturated carbocycles. The summed E-state index contributed by atoms with van der Waals surface area (Å²) < 4.78 is 0. The number of benzene rings is 1. The smallest absolute Gasteiger partial charge is 0.0594 e. The van der Waals surface area contributed by atoms with Gasteiger partial charge in [-0.1, -0.05) is 44.5 Å². The predicted molar refractivity (Wildman–Crippen MR) is 84.9 cm³/mol. The van der Waals surface area contributed by atoms with E-state index in [4.69, 9.17) is 0 Å². The van der Waals surface area contributed by atoms with E-state index < -0.39 is 0 Å². The summed E-state index contributed by atoms with van der Waals surface area (Å²) in [6.45, 7) is 7.45. The van der Waals surface area contributed by atoms with E-state index in [0.717, 1.165) is 13.0 Å². The highest BCUT2D eigenvalue weighted by Gasteiger charge is 2.15. The average Bonchev–Trinajstić information content (AvgIpc) is 2.47. The highest BCUT2D eigenvalue weighted by molar-refractivity contribution is 5.36. The Morgan fingerprint density at radius 3 is 2.45 bits per heavy atom. The summed E-state index contributed by atoms with van der Waals surface area (Å²) in [5.74, 6) is 0.